The standard InChI is InChI=1S/C32H31N5O6/c38-27(11-8-19-7-9-20-22-18-33-15-13-23(22)35-24(20)17-19)34-14-2-1-3-16-43-26-6-4-5-21-29(26)32(42)37(31(21)41)25-10-12-28(39)36-30(25)40/h4-7,9,13,15,17-18,25,35H,1-3,8,10-12,14,16H2,(H,34,38)(H,36,39,40). The number of hydrogen-bond acceptors (Lipinski definition) is 7. The van der Waals surface area contributed by atoms with E-state index in [0.717, 1.165) is 45.1 Å². The molecule has 1 saturated heterocycles. The lowest BCUT2D eigenvalue weighted by Crippen LogP contribution is -2.54. The first kappa shape index (κ1) is 28.1. The summed E-state index contributed by atoms with van der Waals surface area (Å²) in [6.07, 6.45) is 7.09. The molecule has 0 aliphatic carbocycles. The predicted octanol–water partition coefficient (Wildman–Crippen LogP) is 3.42. The van der Waals surface area contributed by atoms with Crippen LogP contribution in [0.1, 0.15) is 64.8 Å². The third-order valence-electron chi connectivity index (χ3n) is 7.94. The molecular formula is C32H31N5O6. The molecule has 2 aromatic heterocycles. The number of fused-ring (bicyclic) bond motifs is 4. The van der Waals surface area contributed by atoms with E-state index >= 15 is 0 Å². The number of nitrogens with one attached hydrogen (secondary N) is 3. The van der Waals surface area contributed by atoms with Crippen molar-refractivity contribution >= 4 is 51.3 Å². The number of ether oxygens (including phenoxy) is 1. The maximum Gasteiger partial charge on any atom is 0.266 e. The van der Waals surface area contributed by atoms with Gasteiger partial charge in [0.2, 0.25) is 17.7 Å². The van der Waals surface area contributed by atoms with Crippen molar-refractivity contribution in [2.24, 2.45) is 0 Å². The van der Waals surface area contributed by atoms with Gasteiger partial charge in [-0.05, 0) is 61.9 Å². The van der Waals surface area contributed by atoms with Gasteiger partial charge in [-0.15, -0.1) is 0 Å². The second-order valence-corrected chi connectivity index (χ2v) is 10.8. The molecule has 2 aliphatic heterocycles. The molecule has 0 saturated carbocycles. The molecular weight excluding hydrogens is 550 g/mol. The number of pyridine rings is 1. The van der Waals surface area contributed by atoms with Crippen molar-refractivity contribution in [3.8, 4) is 5.75 Å². The summed E-state index contributed by atoms with van der Waals surface area (Å²) < 4.78 is 5.86. The molecule has 3 N–H and O–H groups in total. The van der Waals surface area contributed by atoms with Crippen LogP contribution in [0.25, 0.3) is 21.8 Å². The highest BCUT2D eigenvalue weighted by atomic mass is 16.5. The van der Waals surface area contributed by atoms with Gasteiger partial charge in [0, 0.05) is 53.6 Å². The SMILES string of the molecule is O=C(CCc1ccc2c(c1)[nH]c1ccncc12)NCCCCCOc1cccc2c1C(=O)N(C1CCC(=O)NC1=O)C2=O. The van der Waals surface area contributed by atoms with Crippen LogP contribution in [0, 0.1) is 0 Å². The number of aromatic amines is 1. The Morgan fingerprint density at radius 1 is 1.00 bits per heavy atom. The molecule has 1 unspecified atom stereocenters. The number of benzene rings is 2. The van der Waals surface area contributed by atoms with Gasteiger partial charge in [-0.25, -0.2) is 0 Å². The van der Waals surface area contributed by atoms with Gasteiger partial charge in [-0.3, -0.25) is 39.2 Å². The third kappa shape index (κ3) is 5.70. The second-order valence-electron chi connectivity index (χ2n) is 10.8. The number of carbonyl (C=O) groups excluding carboxylic acids is 5. The molecule has 220 valence electrons. The monoisotopic (exact) mass is 581 g/mol. The van der Waals surface area contributed by atoms with Crippen molar-refractivity contribution < 1.29 is 28.7 Å². The van der Waals surface area contributed by atoms with Crippen molar-refractivity contribution in [2.45, 2.75) is 51.0 Å². The van der Waals surface area contributed by atoms with Gasteiger partial charge < -0.3 is 15.0 Å². The van der Waals surface area contributed by atoms with Crippen LogP contribution in [0.2, 0.25) is 0 Å². The highest BCUT2D eigenvalue weighted by Crippen LogP contribution is 2.33. The van der Waals surface area contributed by atoms with Crippen LogP contribution in [0.5, 0.6) is 5.75 Å². The Bertz CT molecular complexity index is 1760. The molecule has 43 heavy (non-hydrogen) atoms. The molecule has 0 bridgehead atoms. The van der Waals surface area contributed by atoms with Gasteiger partial charge in [0.15, 0.2) is 0 Å². The third-order valence-corrected chi connectivity index (χ3v) is 7.94. The Hall–Kier alpha value is -5.06. The van der Waals surface area contributed by atoms with Crippen molar-refractivity contribution in [2.75, 3.05) is 13.2 Å². The minimum absolute atomic E-state index is 0.000731. The van der Waals surface area contributed by atoms with Gasteiger partial charge in [0.05, 0.1) is 17.7 Å². The minimum Gasteiger partial charge on any atom is -0.493 e. The quantitative estimate of drug-likeness (QED) is 0.181. The lowest BCUT2D eigenvalue weighted by Gasteiger charge is -2.27. The van der Waals surface area contributed by atoms with Crippen molar-refractivity contribution in [1.29, 1.82) is 0 Å². The molecule has 2 aromatic carbocycles. The van der Waals surface area contributed by atoms with Crippen LogP contribution >= 0.6 is 0 Å². The highest BCUT2D eigenvalue weighted by Gasteiger charge is 2.46. The summed E-state index contributed by atoms with van der Waals surface area (Å²) in [5.74, 6) is -1.93. The average molecular weight is 582 g/mol. The van der Waals surface area contributed by atoms with Crippen LogP contribution in [-0.2, 0) is 20.8 Å². The highest BCUT2D eigenvalue weighted by molar-refractivity contribution is 6.24. The van der Waals surface area contributed by atoms with Crippen molar-refractivity contribution in [1.82, 2.24) is 25.5 Å². The predicted molar refractivity (Wildman–Crippen MR) is 157 cm³/mol. The second kappa shape index (κ2) is 12.0. The smallest absolute Gasteiger partial charge is 0.266 e. The minimum atomic E-state index is -1.02. The van der Waals surface area contributed by atoms with Crippen molar-refractivity contribution in [3.63, 3.8) is 0 Å². The van der Waals surface area contributed by atoms with Gasteiger partial charge >= 0.3 is 0 Å². The Balaban J connectivity index is 0.922. The van der Waals surface area contributed by atoms with Crippen LogP contribution in [0.4, 0.5) is 0 Å². The number of aryl methyl sites for hydroxylation is 1. The van der Waals surface area contributed by atoms with E-state index in [1.165, 1.54) is 6.07 Å². The summed E-state index contributed by atoms with van der Waals surface area (Å²) in [6, 6.07) is 11.9. The number of unbranched alkanes of at least 4 members (excludes halogenated alkanes) is 2. The maximum absolute atomic E-state index is 13.1. The van der Waals surface area contributed by atoms with Gasteiger partial charge in [-0.2, -0.15) is 0 Å². The van der Waals surface area contributed by atoms with E-state index in [-0.39, 0.29) is 29.9 Å². The molecule has 11 heteroatoms. The zero-order valence-corrected chi connectivity index (χ0v) is 23.5. The van der Waals surface area contributed by atoms with Gasteiger partial charge in [0.25, 0.3) is 11.8 Å². The Labute approximate surface area is 247 Å². The molecule has 4 aromatic rings. The van der Waals surface area contributed by atoms with E-state index in [1.54, 1.807) is 18.3 Å². The summed E-state index contributed by atoms with van der Waals surface area (Å²) >= 11 is 0. The molecule has 1 atom stereocenters. The zero-order valence-electron chi connectivity index (χ0n) is 23.5. The summed E-state index contributed by atoms with van der Waals surface area (Å²) in [5.41, 5.74) is 3.50. The number of nitrogens with zero attached hydrogens (tertiary/aromatic N) is 2. The first-order valence-electron chi connectivity index (χ1n) is 14.5. The lowest BCUT2D eigenvalue weighted by atomic mass is 10.0. The Kier molecular flexibility index (Phi) is 7.86. The molecule has 0 radical (unpaired) electrons. The van der Waals surface area contributed by atoms with E-state index in [4.69, 9.17) is 4.74 Å². The lowest BCUT2D eigenvalue weighted by molar-refractivity contribution is -0.136. The number of H-pyrrole nitrogens is 1. The van der Waals surface area contributed by atoms with Gasteiger partial charge in [-0.1, -0.05) is 18.2 Å². The first-order chi connectivity index (χ1) is 20.9. The number of rotatable bonds is 11. The summed E-state index contributed by atoms with van der Waals surface area (Å²) in [6.45, 7) is 0.887. The van der Waals surface area contributed by atoms with Crippen LogP contribution in [-0.4, -0.2) is 63.6 Å². The Morgan fingerprint density at radius 3 is 2.74 bits per heavy atom. The van der Waals surface area contributed by atoms with E-state index in [2.05, 4.69) is 32.7 Å². The number of hydrogen-bond donors (Lipinski definition) is 3. The molecule has 4 heterocycles. The van der Waals surface area contributed by atoms with E-state index in [9.17, 15) is 24.0 Å². The average Bonchev–Trinajstić information content (AvgIpc) is 3.50. The Morgan fingerprint density at radius 2 is 1.88 bits per heavy atom. The molecule has 2 aliphatic rings. The zero-order chi connectivity index (χ0) is 29.9. The van der Waals surface area contributed by atoms with Gasteiger partial charge in [0.1, 0.15) is 11.8 Å². The number of aromatic nitrogens is 2. The topological polar surface area (TPSA) is 151 Å². The number of amides is 5. The van der Waals surface area contributed by atoms with Crippen LogP contribution in [0.15, 0.2) is 54.9 Å². The van der Waals surface area contributed by atoms with Crippen LogP contribution < -0.4 is 15.4 Å². The maximum atomic E-state index is 13.1. The molecule has 5 amide bonds. The fourth-order valence-corrected chi connectivity index (χ4v) is 5.71. The van der Waals surface area contributed by atoms with Crippen molar-refractivity contribution in [3.05, 3.63) is 71.5 Å². The summed E-state index contributed by atoms with van der Waals surface area (Å²) in [5, 5.41) is 7.36. The summed E-state index contributed by atoms with van der Waals surface area (Å²) in [4.78, 5) is 70.8. The van der Waals surface area contributed by atoms with E-state index in [1.807, 2.05) is 18.3 Å². The number of piperidine rings is 1. The molecule has 1 fully saturated rings. The summed E-state index contributed by atoms with van der Waals surface area (Å²) in [7, 11) is 0. The van der Waals surface area contributed by atoms with Crippen LogP contribution in [0.3, 0.4) is 0 Å². The number of imide groups is 2. The van der Waals surface area contributed by atoms with E-state index in [0.29, 0.717) is 38.2 Å². The fourth-order valence-electron chi connectivity index (χ4n) is 5.71. The molecule has 11 nitrogen and oxygen atoms in total. The van der Waals surface area contributed by atoms with E-state index < -0.39 is 29.7 Å². The number of carbonyl (C=O) groups is 5. The first-order valence-corrected chi connectivity index (χ1v) is 14.5. The fraction of sp³-hybridized carbons (Fsp3) is 0.312. The molecule has 6 rings (SSSR count). The molecule has 0 spiro atoms. The normalized spacial score (nSPS) is 16.6. The largest absolute Gasteiger partial charge is 0.493 e.